The average Bonchev–Trinajstić information content (AvgIpc) is 2.23. The van der Waals surface area contributed by atoms with E-state index < -0.39 is 8.07 Å². The second-order valence-corrected chi connectivity index (χ2v) is 9.53. The van der Waals surface area contributed by atoms with Crippen LogP contribution in [-0.2, 0) is 14.3 Å². The maximum atomic E-state index is 11.6. The Kier molecular flexibility index (Phi) is 6.48. The Bertz CT molecular complexity index is 214. The zero-order valence-corrected chi connectivity index (χ0v) is 11.3. The van der Waals surface area contributed by atoms with Crippen LogP contribution in [0.5, 0.6) is 0 Å². The quantitative estimate of drug-likeness (QED) is 0.499. The van der Waals surface area contributed by atoms with E-state index >= 15 is 0 Å². The fourth-order valence-corrected chi connectivity index (χ4v) is 4.96. The molecule has 0 aromatic rings. The van der Waals surface area contributed by atoms with E-state index in [2.05, 4.69) is 20.8 Å². The first kappa shape index (κ1) is 14.4. The Morgan fingerprint density at radius 2 is 1.53 bits per heavy atom. The van der Waals surface area contributed by atoms with Gasteiger partial charge in [-0.1, -0.05) is 38.9 Å². The van der Waals surface area contributed by atoms with Gasteiger partial charge in [-0.05, 0) is 0 Å². The molecule has 0 fully saturated rings. The summed E-state index contributed by atoms with van der Waals surface area (Å²) in [6, 6.07) is 4.05. The molecule has 0 amide bonds. The molecule has 0 radical (unpaired) electrons. The van der Waals surface area contributed by atoms with Crippen molar-refractivity contribution in [3.8, 4) is 0 Å². The van der Waals surface area contributed by atoms with Crippen molar-refractivity contribution in [3.63, 3.8) is 0 Å². The normalized spacial score (nSPS) is 11.2. The van der Waals surface area contributed by atoms with Gasteiger partial charge < -0.3 is 4.74 Å². The van der Waals surface area contributed by atoms with Crippen molar-refractivity contribution in [2.45, 2.75) is 51.9 Å². The molecule has 0 spiro atoms. The van der Waals surface area contributed by atoms with Crippen molar-refractivity contribution in [2.75, 3.05) is 6.61 Å². The number of ether oxygens (including phenoxy) is 1. The Hall–Kier alpha value is -0.643. The van der Waals surface area contributed by atoms with E-state index in [4.69, 9.17) is 4.74 Å². The van der Waals surface area contributed by atoms with E-state index in [1.54, 1.807) is 0 Å². The Balaban J connectivity index is 4.17. The molecule has 0 bridgehead atoms. The first-order chi connectivity index (χ1) is 6.99. The van der Waals surface area contributed by atoms with Gasteiger partial charge in [-0.15, -0.1) is 0 Å². The number of hydrogen-bond acceptors (Lipinski definition) is 3. The lowest BCUT2D eigenvalue weighted by molar-refractivity contribution is -0.145. The molecule has 0 rings (SSSR count). The van der Waals surface area contributed by atoms with Gasteiger partial charge in [-0.3, -0.25) is 9.59 Å². The van der Waals surface area contributed by atoms with Crippen molar-refractivity contribution < 1.29 is 14.3 Å². The summed E-state index contributed by atoms with van der Waals surface area (Å²) < 4.78 is 4.72. The lowest BCUT2D eigenvalue weighted by Gasteiger charge is -2.26. The number of hydrogen-bond donors (Lipinski definition) is 0. The molecular weight excluding hydrogens is 208 g/mol. The van der Waals surface area contributed by atoms with Gasteiger partial charge in [-0.2, -0.15) is 0 Å². The highest BCUT2D eigenvalue weighted by Gasteiger charge is 2.29. The molecule has 0 aromatic carbocycles. The zero-order chi connectivity index (χ0) is 11.9. The van der Waals surface area contributed by atoms with Gasteiger partial charge >= 0.3 is 5.97 Å². The molecule has 0 atom stereocenters. The van der Waals surface area contributed by atoms with Gasteiger partial charge in [0.2, 0.25) is 0 Å². The van der Waals surface area contributed by atoms with Gasteiger partial charge in [0.1, 0.15) is 6.61 Å². The third-order valence-electron chi connectivity index (χ3n) is 3.26. The molecule has 0 heterocycles. The summed E-state index contributed by atoms with van der Waals surface area (Å²) in [5.74, 6) is -0.289. The number of rotatable bonds is 7. The monoisotopic (exact) mass is 230 g/mol. The van der Waals surface area contributed by atoms with Crippen LogP contribution in [-0.4, -0.2) is 26.4 Å². The van der Waals surface area contributed by atoms with Gasteiger partial charge in [-0.25, -0.2) is 0 Å². The molecule has 0 aliphatic heterocycles. The number of ketones is 1. The summed E-state index contributed by atoms with van der Waals surface area (Å²) >= 11 is 0. The summed E-state index contributed by atoms with van der Waals surface area (Å²) in [6.45, 7) is 7.79. The van der Waals surface area contributed by atoms with Crippen molar-refractivity contribution in [1.82, 2.24) is 0 Å². The summed E-state index contributed by atoms with van der Waals surface area (Å²) in [7, 11) is -1.39. The van der Waals surface area contributed by atoms with Crippen molar-refractivity contribution in [1.29, 1.82) is 0 Å². The maximum Gasteiger partial charge on any atom is 0.303 e. The Labute approximate surface area is 93.2 Å². The third kappa shape index (κ3) is 5.11. The number of carbonyl (C=O) groups is 2. The fraction of sp³-hybridized carbons (Fsp3) is 0.818. The van der Waals surface area contributed by atoms with E-state index in [1.165, 1.54) is 6.92 Å². The molecule has 0 saturated carbocycles. The minimum atomic E-state index is -1.39. The van der Waals surface area contributed by atoms with E-state index in [-0.39, 0.29) is 18.4 Å². The van der Waals surface area contributed by atoms with E-state index in [1.807, 2.05) is 0 Å². The topological polar surface area (TPSA) is 43.4 Å². The molecule has 15 heavy (non-hydrogen) atoms. The third-order valence-corrected chi connectivity index (χ3v) is 8.90. The van der Waals surface area contributed by atoms with Crippen LogP contribution in [0.2, 0.25) is 24.2 Å². The lowest BCUT2D eigenvalue weighted by Crippen LogP contribution is -2.35. The summed E-state index contributed by atoms with van der Waals surface area (Å²) in [4.78, 5) is 22.2. The zero-order valence-electron chi connectivity index (χ0n) is 10.3. The molecule has 0 saturated heterocycles. The van der Waals surface area contributed by atoms with Gasteiger partial charge in [0.15, 0.2) is 5.78 Å². The SMILES string of the molecule is CC[Si](CC)(CC)CC(=O)COC(C)=O. The van der Waals surface area contributed by atoms with E-state index in [9.17, 15) is 9.59 Å². The maximum absolute atomic E-state index is 11.6. The summed E-state index contributed by atoms with van der Waals surface area (Å²) in [5, 5.41) is 0. The van der Waals surface area contributed by atoms with Crippen LogP contribution in [0.4, 0.5) is 0 Å². The highest BCUT2D eigenvalue weighted by molar-refractivity contribution is 6.82. The Morgan fingerprint density at radius 1 is 1.07 bits per heavy atom. The molecule has 4 heteroatoms. The van der Waals surface area contributed by atoms with Crippen molar-refractivity contribution in [3.05, 3.63) is 0 Å². The van der Waals surface area contributed by atoms with Gasteiger partial charge in [0, 0.05) is 13.0 Å². The van der Waals surface area contributed by atoms with Crippen LogP contribution in [0.25, 0.3) is 0 Å². The second kappa shape index (κ2) is 6.77. The molecule has 88 valence electrons. The minimum Gasteiger partial charge on any atom is -0.458 e. The van der Waals surface area contributed by atoms with Crippen LogP contribution in [0, 0.1) is 0 Å². The van der Waals surface area contributed by atoms with Crippen LogP contribution >= 0.6 is 0 Å². The molecule has 0 aliphatic carbocycles. The van der Waals surface area contributed by atoms with Crippen molar-refractivity contribution >= 4 is 19.8 Å². The van der Waals surface area contributed by atoms with Gasteiger partial charge in [0.25, 0.3) is 0 Å². The molecular formula is C11H22O3Si. The molecule has 0 aliphatic rings. The molecule has 0 N–H and O–H groups in total. The predicted molar refractivity (Wildman–Crippen MR) is 63.6 cm³/mol. The van der Waals surface area contributed by atoms with Crippen LogP contribution in [0.3, 0.4) is 0 Å². The minimum absolute atomic E-state index is 0.0376. The smallest absolute Gasteiger partial charge is 0.303 e. The number of esters is 1. The van der Waals surface area contributed by atoms with Crippen LogP contribution in [0.1, 0.15) is 27.7 Å². The predicted octanol–water partition coefficient (Wildman–Crippen LogP) is 2.63. The highest BCUT2D eigenvalue weighted by Crippen LogP contribution is 2.25. The fourth-order valence-electron chi connectivity index (χ4n) is 1.78. The Morgan fingerprint density at radius 3 is 1.87 bits per heavy atom. The lowest BCUT2D eigenvalue weighted by atomic mass is 10.5. The van der Waals surface area contributed by atoms with Crippen LogP contribution in [0.15, 0.2) is 0 Å². The molecule has 0 unspecified atom stereocenters. The van der Waals surface area contributed by atoms with E-state index in [0.717, 1.165) is 18.1 Å². The standard InChI is InChI=1S/C11H22O3Si/c1-5-15(6-2,7-3)9-11(13)8-14-10(4)12/h5-9H2,1-4H3. The first-order valence-corrected chi connectivity index (χ1v) is 8.47. The van der Waals surface area contributed by atoms with Crippen molar-refractivity contribution in [2.24, 2.45) is 0 Å². The van der Waals surface area contributed by atoms with Gasteiger partial charge in [0.05, 0.1) is 8.07 Å². The van der Waals surface area contributed by atoms with Crippen LogP contribution < -0.4 is 0 Å². The molecule has 3 nitrogen and oxygen atoms in total. The summed E-state index contributed by atoms with van der Waals surface area (Å²) in [6.07, 6.45) is 0. The first-order valence-electron chi connectivity index (χ1n) is 5.64. The largest absolute Gasteiger partial charge is 0.458 e. The number of carbonyl (C=O) groups excluding carboxylic acids is 2. The second-order valence-electron chi connectivity index (χ2n) is 4.06. The van der Waals surface area contributed by atoms with E-state index in [0.29, 0.717) is 6.04 Å². The highest BCUT2D eigenvalue weighted by atomic mass is 28.3. The average molecular weight is 230 g/mol. The number of Topliss-reactive ketones (excluding diaryl/α,β-unsaturated/α-hetero) is 1. The molecule has 0 aromatic heterocycles. The summed E-state index contributed by atoms with van der Waals surface area (Å²) in [5.41, 5.74) is 0.